The molecule has 10 nitrogen and oxygen atoms in total. The second-order valence-electron chi connectivity index (χ2n) is 12.3. The Labute approximate surface area is 273 Å². The zero-order valence-electron chi connectivity index (χ0n) is 25.4. The first-order valence-electron chi connectivity index (χ1n) is 15.5. The molecule has 1 aliphatic carbocycles. The van der Waals surface area contributed by atoms with Gasteiger partial charge in [-0.1, -0.05) is 18.2 Å². The Morgan fingerprint density at radius 2 is 1.53 bits per heavy atom. The van der Waals surface area contributed by atoms with Crippen LogP contribution in [0.25, 0.3) is 0 Å². The molecular weight excluding hydrogens is 613 g/mol. The van der Waals surface area contributed by atoms with Gasteiger partial charge in [0.05, 0.1) is 16.5 Å². The summed E-state index contributed by atoms with van der Waals surface area (Å²) in [6, 6.07) is 24.1. The van der Waals surface area contributed by atoms with Crippen molar-refractivity contribution < 1.29 is 18.0 Å². The lowest BCUT2D eigenvalue weighted by Gasteiger charge is -2.28. The van der Waals surface area contributed by atoms with Gasteiger partial charge in [0, 0.05) is 68.4 Å². The number of rotatable bonds is 9. The van der Waals surface area contributed by atoms with E-state index in [1.807, 2.05) is 24.3 Å². The molecule has 3 atom stereocenters. The molecule has 0 bridgehead atoms. The van der Waals surface area contributed by atoms with Gasteiger partial charge >= 0.3 is 0 Å². The lowest BCUT2D eigenvalue weighted by molar-refractivity contribution is -0.132. The Bertz CT molecular complexity index is 1940. The third-order valence-corrected chi connectivity index (χ3v) is 11.3. The smallest absolute Gasteiger partial charge is 0.254 e. The van der Waals surface area contributed by atoms with Crippen molar-refractivity contribution in [2.45, 2.75) is 35.7 Å². The highest BCUT2D eigenvalue weighted by Crippen LogP contribution is 2.52. The summed E-state index contributed by atoms with van der Waals surface area (Å²) >= 11 is 0. The highest BCUT2D eigenvalue weighted by molar-refractivity contribution is 7.89. The summed E-state index contributed by atoms with van der Waals surface area (Å²) in [5, 5.41) is 12.7. The molecule has 3 fully saturated rings. The number of ketones is 1. The van der Waals surface area contributed by atoms with E-state index < -0.39 is 15.6 Å². The van der Waals surface area contributed by atoms with Gasteiger partial charge in [-0.3, -0.25) is 24.5 Å². The first kappa shape index (κ1) is 30.5. The number of allylic oxidation sites excluding steroid dienone is 1. The Morgan fingerprint density at radius 1 is 0.915 bits per heavy atom. The van der Waals surface area contributed by atoms with Crippen LogP contribution in [0.2, 0.25) is 0 Å². The molecule has 2 saturated heterocycles. The molecule has 3 aliphatic rings. The number of nitrogens with zero attached hydrogens (tertiary/aromatic N) is 5. The van der Waals surface area contributed by atoms with E-state index in [1.54, 1.807) is 84.3 Å². The Morgan fingerprint density at radius 3 is 2.13 bits per heavy atom. The molecule has 1 saturated carbocycles. The summed E-state index contributed by atoms with van der Waals surface area (Å²) in [4.78, 5) is 38.8. The minimum Gasteiger partial charge on any atom is -0.357 e. The van der Waals surface area contributed by atoms with Crippen LogP contribution < -0.4 is 5.32 Å². The highest BCUT2D eigenvalue weighted by Gasteiger charge is 2.63. The van der Waals surface area contributed by atoms with Crippen molar-refractivity contribution in [1.29, 1.82) is 5.26 Å². The topological polar surface area (TPSA) is 136 Å². The molecule has 2 aromatic heterocycles. The van der Waals surface area contributed by atoms with E-state index in [2.05, 4.69) is 21.4 Å². The van der Waals surface area contributed by atoms with Crippen LogP contribution in [0.1, 0.15) is 33.5 Å². The number of hydrogen-bond donors (Lipinski definition) is 1. The van der Waals surface area contributed by atoms with Gasteiger partial charge in [0.1, 0.15) is 11.4 Å². The summed E-state index contributed by atoms with van der Waals surface area (Å²) in [6.07, 6.45) is 9.50. The number of carbonyl (C=O) groups excluding carboxylic acids is 2. The van der Waals surface area contributed by atoms with Crippen LogP contribution in [0, 0.1) is 23.2 Å². The van der Waals surface area contributed by atoms with E-state index in [9.17, 15) is 23.3 Å². The molecular formula is C36H32N6O4S. The largest absolute Gasteiger partial charge is 0.357 e. The number of fused-ring (bicyclic) bond motifs is 1. The van der Waals surface area contributed by atoms with Crippen molar-refractivity contribution in [3.8, 4) is 6.07 Å². The SMILES string of the molecule is N#Cc1ccc(C(=O)/C=C2\NC(Cc3ccncc3)(Cc3ccncc3)C(=O)N2C2C3CCN(S(=O)(=O)c4ccccc4)CC32)cc1. The third kappa shape index (κ3) is 5.82. The predicted molar refractivity (Wildman–Crippen MR) is 173 cm³/mol. The van der Waals surface area contributed by atoms with Gasteiger partial charge < -0.3 is 5.32 Å². The first-order valence-corrected chi connectivity index (χ1v) is 16.9. The van der Waals surface area contributed by atoms with Crippen molar-refractivity contribution >= 4 is 21.7 Å². The molecule has 4 heterocycles. The Kier molecular flexibility index (Phi) is 7.91. The standard InChI is InChI=1S/C36H32N6O4S/c37-23-27-6-8-28(9-7-27)32(43)20-33-40-36(21-25-10-15-38-16-11-25,22-26-12-17-39-18-13-26)35(44)42(33)34-30-14-19-41(24-31(30)34)47(45,46)29-4-2-1-3-5-29/h1-13,15-18,20,30-31,34,40H,14,19,21-22,24H2/b33-20+. The lowest BCUT2D eigenvalue weighted by Crippen LogP contribution is -2.51. The summed E-state index contributed by atoms with van der Waals surface area (Å²) in [7, 11) is -3.70. The van der Waals surface area contributed by atoms with Crippen LogP contribution in [0.3, 0.4) is 0 Å². The van der Waals surface area contributed by atoms with Gasteiger partial charge in [0.25, 0.3) is 5.91 Å². The normalized spacial score (nSPS) is 22.7. The Balaban J connectivity index is 1.25. The molecule has 1 N–H and O–H groups in total. The zero-order valence-corrected chi connectivity index (χ0v) is 26.3. The molecule has 0 radical (unpaired) electrons. The summed E-state index contributed by atoms with van der Waals surface area (Å²) in [5.41, 5.74) is 1.52. The van der Waals surface area contributed by atoms with Gasteiger partial charge in [0.15, 0.2) is 5.78 Å². The molecule has 2 aliphatic heterocycles. The molecule has 4 aromatic rings. The number of carbonyl (C=O) groups is 2. The van der Waals surface area contributed by atoms with Crippen molar-refractivity contribution in [3.63, 3.8) is 0 Å². The van der Waals surface area contributed by atoms with E-state index in [-0.39, 0.29) is 41.0 Å². The second kappa shape index (κ2) is 12.2. The van der Waals surface area contributed by atoms with E-state index >= 15 is 0 Å². The van der Waals surface area contributed by atoms with E-state index in [0.717, 1.165) is 11.1 Å². The number of piperidine rings is 1. The molecule has 11 heteroatoms. The van der Waals surface area contributed by atoms with E-state index in [0.29, 0.717) is 42.8 Å². The van der Waals surface area contributed by atoms with Crippen LogP contribution in [0.15, 0.2) is 120 Å². The molecule has 47 heavy (non-hydrogen) atoms. The quantitative estimate of drug-likeness (QED) is 0.215. The number of benzene rings is 2. The molecule has 236 valence electrons. The minimum absolute atomic E-state index is 0.0842. The number of hydrogen-bond acceptors (Lipinski definition) is 8. The predicted octanol–water partition coefficient (Wildman–Crippen LogP) is 3.74. The maximum absolute atomic E-state index is 14.9. The fraction of sp³-hybridized carbons (Fsp3) is 0.250. The maximum atomic E-state index is 14.9. The summed E-state index contributed by atoms with van der Waals surface area (Å²) in [5.74, 6) is -0.0744. The minimum atomic E-state index is -3.70. The van der Waals surface area contributed by atoms with Gasteiger partial charge in [-0.2, -0.15) is 9.57 Å². The lowest BCUT2D eigenvalue weighted by atomic mass is 9.85. The first-order chi connectivity index (χ1) is 22.8. The molecule has 3 unspecified atom stereocenters. The zero-order chi connectivity index (χ0) is 32.6. The Hall–Kier alpha value is -5.18. The van der Waals surface area contributed by atoms with E-state index in [4.69, 9.17) is 0 Å². The summed E-state index contributed by atoms with van der Waals surface area (Å²) in [6.45, 7) is 0.641. The van der Waals surface area contributed by atoms with Gasteiger partial charge in [-0.15, -0.1) is 0 Å². The number of nitrogens with one attached hydrogen (secondary N) is 1. The van der Waals surface area contributed by atoms with E-state index in [1.165, 1.54) is 10.4 Å². The average Bonchev–Trinajstić information content (AvgIpc) is 3.75. The van der Waals surface area contributed by atoms with Gasteiger partial charge in [-0.25, -0.2) is 8.42 Å². The number of aromatic nitrogens is 2. The molecule has 0 spiro atoms. The highest BCUT2D eigenvalue weighted by atomic mass is 32.2. The number of amides is 1. The van der Waals surface area contributed by atoms with Crippen molar-refractivity contribution in [1.82, 2.24) is 24.5 Å². The van der Waals surface area contributed by atoms with Crippen LogP contribution in [0.5, 0.6) is 0 Å². The molecule has 2 aromatic carbocycles. The summed E-state index contributed by atoms with van der Waals surface area (Å²) < 4.78 is 28.5. The number of nitriles is 1. The van der Waals surface area contributed by atoms with Gasteiger partial charge in [-0.05, 0) is 90.0 Å². The molecule has 1 amide bonds. The van der Waals surface area contributed by atoms with Crippen molar-refractivity contribution in [2.75, 3.05) is 13.1 Å². The van der Waals surface area contributed by atoms with Crippen molar-refractivity contribution in [3.05, 3.63) is 138 Å². The fourth-order valence-electron chi connectivity index (χ4n) is 7.03. The van der Waals surface area contributed by atoms with Crippen LogP contribution in [0.4, 0.5) is 0 Å². The third-order valence-electron chi connectivity index (χ3n) is 9.42. The van der Waals surface area contributed by atoms with Crippen molar-refractivity contribution in [2.24, 2.45) is 11.8 Å². The number of pyridine rings is 2. The van der Waals surface area contributed by atoms with Gasteiger partial charge in [0.2, 0.25) is 10.0 Å². The van der Waals surface area contributed by atoms with Crippen LogP contribution in [-0.4, -0.2) is 64.0 Å². The number of sulfonamides is 1. The maximum Gasteiger partial charge on any atom is 0.254 e. The van der Waals surface area contributed by atoms with Crippen LogP contribution in [-0.2, 0) is 27.7 Å². The average molecular weight is 645 g/mol. The fourth-order valence-corrected chi connectivity index (χ4v) is 8.55. The molecule has 7 rings (SSSR count). The van der Waals surface area contributed by atoms with Crippen LogP contribution >= 0.6 is 0 Å². The monoisotopic (exact) mass is 644 g/mol. The second-order valence-corrected chi connectivity index (χ2v) is 14.3.